The number of rotatable bonds is 9. The minimum absolute atomic E-state index is 0.0340. The molecule has 0 spiro atoms. The van der Waals surface area contributed by atoms with E-state index in [4.69, 9.17) is 4.74 Å². The standard InChI is InChI=1S/C31H33FN4O2/c32-16-19-36-17-14-26(15-18-36)38-25-11-8-23(9-12-25)30-27-20-24(10-13-28(27)34-35-30)31(37)33-29(22-6-7-22)21-4-2-1-3-5-21/h1-5,8-13,20,22,26,29H,6-7,14-19H2,(H,33,37)(H,34,35). The number of aromatic nitrogens is 2. The summed E-state index contributed by atoms with van der Waals surface area (Å²) in [4.78, 5) is 15.4. The molecule has 2 N–H and O–H groups in total. The molecule has 1 unspecified atom stereocenters. The second kappa shape index (κ2) is 11.0. The van der Waals surface area contributed by atoms with Crippen molar-refractivity contribution in [1.82, 2.24) is 20.4 Å². The predicted molar refractivity (Wildman–Crippen MR) is 147 cm³/mol. The van der Waals surface area contributed by atoms with E-state index in [2.05, 4.69) is 32.5 Å². The summed E-state index contributed by atoms with van der Waals surface area (Å²) in [5.74, 6) is 1.25. The van der Waals surface area contributed by atoms with Gasteiger partial charge in [-0.3, -0.25) is 9.89 Å². The van der Waals surface area contributed by atoms with E-state index >= 15 is 0 Å². The maximum absolute atomic E-state index is 13.3. The molecule has 1 saturated heterocycles. The van der Waals surface area contributed by atoms with Gasteiger partial charge in [0, 0.05) is 36.1 Å². The Kier molecular flexibility index (Phi) is 7.10. The number of amides is 1. The van der Waals surface area contributed by atoms with Gasteiger partial charge in [0.15, 0.2) is 0 Å². The molecule has 0 bridgehead atoms. The number of alkyl halides is 1. The fraction of sp³-hybridized carbons (Fsp3) is 0.355. The molecule has 1 aliphatic carbocycles. The molecule has 2 fully saturated rings. The van der Waals surface area contributed by atoms with Crippen molar-refractivity contribution < 1.29 is 13.9 Å². The zero-order valence-electron chi connectivity index (χ0n) is 21.4. The maximum atomic E-state index is 13.3. The third kappa shape index (κ3) is 5.43. The molecular formula is C31H33FN4O2. The molecule has 1 atom stereocenters. The topological polar surface area (TPSA) is 70.2 Å². The minimum atomic E-state index is -0.296. The Morgan fingerprint density at radius 3 is 2.50 bits per heavy atom. The number of carbonyl (C=O) groups is 1. The molecule has 6 rings (SSSR count). The normalized spacial score (nSPS) is 17.4. The molecule has 196 valence electrons. The van der Waals surface area contributed by atoms with Crippen molar-refractivity contribution in [1.29, 1.82) is 0 Å². The lowest BCUT2D eigenvalue weighted by Gasteiger charge is -2.31. The lowest BCUT2D eigenvalue weighted by molar-refractivity contribution is 0.0931. The van der Waals surface area contributed by atoms with E-state index in [1.54, 1.807) is 0 Å². The fourth-order valence-corrected chi connectivity index (χ4v) is 5.42. The number of hydrogen-bond donors (Lipinski definition) is 2. The van der Waals surface area contributed by atoms with E-state index in [1.165, 1.54) is 0 Å². The Hall–Kier alpha value is -3.71. The highest BCUT2D eigenvalue weighted by molar-refractivity contribution is 6.01. The third-order valence-corrected chi connectivity index (χ3v) is 7.73. The predicted octanol–water partition coefficient (Wildman–Crippen LogP) is 5.92. The average molecular weight is 513 g/mol. The molecular weight excluding hydrogens is 479 g/mol. The quantitative estimate of drug-likeness (QED) is 0.292. The van der Waals surface area contributed by atoms with Gasteiger partial charge in [-0.2, -0.15) is 5.10 Å². The highest BCUT2D eigenvalue weighted by Crippen LogP contribution is 2.41. The van der Waals surface area contributed by atoms with Crippen molar-refractivity contribution in [2.75, 3.05) is 26.3 Å². The van der Waals surface area contributed by atoms with Gasteiger partial charge in [0.05, 0.1) is 17.3 Å². The number of carbonyl (C=O) groups excluding carboxylic acids is 1. The lowest BCUT2D eigenvalue weighted by atomic mass is 10.0. The molecule has 2 aliphatic rings. The summed E-state index contributed by atoms with van der Waals surface area (Å²) in [6.45, 7) is 1.95. The number of fused-ring (bicyclic) bond motifs is 1. The van der Waals surface area contributed by atoms with Crippen LogP contribution in [0, 0.1) is 5.92 Å². The van der Waals surface area contributed by atoms with Crippen LogP contribution < -0.4 is 10.1 Å². The summed E-state index contributed by atoms with van der Waals surface area (Å²) in [5.41, 5.74) is 4.43. The second-order valence-corrected chi connectivity index (χ2v) is 10.4. The smallest absolute Gasteiger partial charge is 0.251 e. The van der Waals surface area contributed by atoms with Crippen LogP contribution in [0.15, 0.2) is 72.8 Å². The number of halogens is 1. The minimum Gasteiger partial charge on any atom is -0.490 e. The SMILES string of the molecule is O=C(NC(c1ccccc1)C1CC1)c1ccc2[nH]nc(-c3ccc(OC4CCN(CCF)CC4)cc3)c2c1. The first kappa shape index (κ1) is 24.6. The Morgan fingerprint density at radius 1 is 1.03 bits per heavy atom. The van der Waals surface area contributed by atoms with Crippen LogP contribution >= 0.6 is 0 Å². The molecule has 1 aliphatic heterocycles. The summed E-state index contributed by atoms with van der Waals surface area (Å²) in [6, 6.07) is 23.9. The van der Waals surface area contributed by atoms with Crippen LogP contribution in [0.4, 0.5) is 4.39 Å². The van der Waals surface area contributed by atoms with Crippen LogP contribution in [0.1, 0.15) is 47.6 Å². The first-order chi connectivity index (χ1) is 18.7. The van der Waals surface area contributed by atoms with Gasteiger partial charge in [-0.15, -0.1) is 0 Å². The summed E-state index contributed by atoms with van der Waals surface area (Å²) in [7, 11) is 0. The molecule has 0 radical (unpaired) electrons. The van der Waals surface area contributed by atoms with Crippen LogP contribution in [0.3, 0.4) is 0 Å². The Bertz CT molecular complexity index is 1380. The van der Waals surface area contributed by atoms with Crippen molar-refractivity contribution in [2.24, 2.45) is 5.92 Å². The van der Waals surface area contributed by atoms with E-state index in [9.17, 15) is 9.18 Å². The number of ether oxygens (including phenoxy) is 1. The maximum Gasteiger partial charge on any atom is 0.251 e. The van der Waals surface area contributed by atoms with Gasteiger partial charge in [0.25, 0.3) is 5.91 Å². The monoisotopic (exact) mass is 512 g/mol. The summed E-state index contributed by atoms with van der Waals surface area (Å²) >= 11 is 0. The van der Waals surface area contributed by atoms with Crippen molar-refractivity contribution in [3.8, 4) is 17.0 Å². The molecule has 2 heterocycles. The van der Waals surface area contributed by atoms with Crippen molar-refractivity contribution in [2.45, 2.75) is 37.8 Å². The number of benzene rings is 3. The molecule has 1 saturated carbocycles. The molecule has 1 amide bonds. The first-order valence-corrected chi connectivity index (χ1v) is 13.6. The molecule has 3 aromatic carbocycles. The van der Waals surface area contributed by atoms with Crippen molar-refractivity contribution in [3.63, 3.8) is 0 Å². The second-order valence-electron chi connectivity index (χ2n) is 10.4. The van der Waals surface area contributed by atoms with Crippen LogP contribution in [-0.2, 0) is 0 Å². The van der Waals surface area contributed by atoms with Gasteiger partial charge in [-0.25, -0.2) is 4.39 Å². The number of likely N-dealkylation sites (tertiary alicyclic amines) is 1. The van der Waals surface area contributed by atoms with E-state index in [1.807, 2.05) is 60.7 Å². The number of aromatic amines is 1. The highest BCUT2D eigenvalue weighted by Gasteiger charge is 2.33. The Labute approximate surface area is 222 Å². The number of piperidine rings is 1. The van der Waals surface area contributed by atoms with Crippen LogP contribution in [0.2, 0.25) is 0 Å². The Balaban J connectivity index is 1.16. The largest absolute Gasteiger partial charge is 0.490 e. The number of H-pyrrole nitrogens is 1. The zero-order valence-corrected chi connectivity index (χ0v) is 21.4. The molecule has 38 heavy (non-hydrogen) atoms. The van der Waals surface area contributed by atoms with Crippen LogP contribution in [0.5, 0.6) is 5.75 Å². The highest BCUT2D eigenvalue weighted by atomic mass is 19.1. The number of hydrogen-bond acceptors (Lipinski definition) is 4. The van der Waals surface area contributed by atoms with E-state index < -0.39 is 0 Å². The van der Waals surface area contributed by atoms with Gasteiger partial charge < -0.3 is 15.0 Å². The lowest BCUT2D eigenvalue weighted by Crippen LogP contribution is -2.39. The Morgan fingerprint density at radius 2 is 1.79 bits per heavy atom. The van der Waals surface area contributed by atoms with E-state index in [0.717, 1.165) is 72.2 Å². The first-order valence-electron chi connectivity index (χ1n) is 13.6. The summed E-state index contributed by atoms with van der Waals surface area (Å²) in [6.07, 6.45) is 4.25. The van der Waals surface area contributed by atoms with Crippen LogP contribution in [-0.4, -0.2) is 53.4 Å². The summed E-state index contributed by atoms with van der Waals surface area (Å²) in [5, 5.41) is 11.8. The number of nitrogens with zero attached hydrogens (tertiary/aromatic N) is 2. The van der Waals surface area contributed by atoms with Gasteiger partial charge in [-0.05, 0) is 79.6 Å². The number of nitrogens with one attached hydrogen (secondary N) is 2. The van der Waals surface area contributed by atoms with E-state index in [-0.39, 0.29) is 24.7 Å². The van der Waals surface area contributed by atoms with Gasteiger partial charge >= 0.3 is 0 Å². The molecule has 4 aromatic rings. The van der Waals surface area contributed by atoms with Gasteiger partial charge in [0.1, 0.15) is 18.5 Å². The molecule has 6 nitrogen and oxygen atoms in total. The average Bonchev–Trinajstić information content (AvgIpc) is 3.72. The molecule has 1 aromatic heterocycles. The fourth-order valence-electron chi connectivity index (χ4n) is 5.42. The van der Waals surface area contributed by atoms with Gasteiger partial charge in [-0.1, -0.05) is 30.3 Å². The molecule has 7 heteroatoms. The van der Waals surface area contributed by atoms with Gasteiger partial charge in [0.2, 0.25) is 0 Å². The van der Waals surface area contributed by atoms with Crippen molar-refractivity contribution in [3.05, 3.63) is 83.9 Å². The zero-order chi connectivity index (χ0) is 25.9. The third-order valence-electron chi connectivity index (χ3n) is 7.73. The van der Waals surface area contributed by atoms with E-state index in [0.29, 0.717) is 18.0 Å². The van der Waals surface area contributed by atoms with Crippen molar-refractivity contribution >= 4 is 16.8 Å². The summed E-state index contributed by atoms with van der Waals surface area (Å²) < 4.78 is 18.8. The van der Waals surface area contributed by atoms with Crippen LogP contribution in [0.25, 0.3) is 22.2 Å².